The minimum Gasteiger partial charge on any atom is -0.496 e. The van der Waals surface area contributed by atoms with Gasteiger partial charge in [0.25, 0.3) is 0 Å². The van der Waals surface area contributed by atoms with Gasteiger partial charge in [0.15, 0.2) is 0 Å². The molecule has 1 aliphatic heterocycles. The Balaban J connectivity index is 1.87. The SMILES string of the molecule is COc1ccccc1CN1CCC(CCN)CC1. The highest BCUT2D eigenvalue weighted by atomic mass is 16.5. The van der Waals surface area contributed by atoms with E-state index in [4.69, 9.17) is 10.5 Å². The van der Waals surface area contributed by atoms with Gasteiger partial charge in [-0.15, -0.1) is 0 Å². The molecule has 0 aliphatic carbocycles. The van der Waals surface area contributed by atoms with Gasteiger partial charge in [-0.05, 0) is 50.9 Å². The number of nitrogens with two attached hydrogens (primary N) is 1. The first-order chi connectivity index (χ1) is 8.83. The normalized spacial score (nSPS) is 17.9. The molecule has 1 aliphatic rings. The fourth-order valence-electron chi connectivity index (χ4n) is 2.74. The number of benzene rings is 1. The Morgan fingerprint density at radius 3 is 2.67 bits per heavy atom. The average molecular weight is 248 g/mol. The van der Waals surface area contributed by atoms with E-state index in [0.29, 0.717) is 0 Å². The van der Waals surface area contributed by atoms with Crippen molar-refractivity contribution in [3.8, 4) is 5.75 Å². The second-order valence-corrected chi connectivity index (χ2v) is 5.11. The molecule has 100 valence electrons. The molecule has 18 heavy (non-hydrogen) atoms. The van der Waals surface area contributed by atoms with E-state index < -0.39 is 0 Å². The molecule has 3 nitrogen and oxygen atoms in total. The number of hydrogen-bond donors (Lipinski definition) is 1. The van der Waals surface area contributed by atoms with Gasteiger partial charge in [0.05, 0.1) is 7.11 Å². The van der Waals surface area contributed by atoms with Crippen molar-refractivity contribution in [2.75, 3.05) is 26.7 Å². The second-order valence-electron chi connectivity index (χ2n) is 5.11. The Kier molecular flexibility index (Phi) is 5.02. The maximum absolute atomic E-state index is 5.63. The lowest BCUT2D eigenvalue weighted by molar-refractivity contribution is 0.172. The summed E-state index contributed by atoms with van der Waals surface area (Å²) in [7, 11) is 1.74. The van der Waals surface area contributed by atoms with Crippen LogP contribution in [-0.4, -0.2) is 31.6 Å². The zero-order valence-electron chi connectivity index (χ0n) is 11.3. The summed E-state index contributed by atoms with van der Waals surface area (Å²) in [5.74, 6) is 1.84. The van der Waals surface area contributed by atoms with Gasteiger partial charge in [-0.3, -0.25) is 4.90 Å². The van der Waals surface area contributed by atoms with Crippen LogP contribution in [0.25, 0.3) is 0 Å². The number of rotatable bonds is 5. The van der Waals surface area contributed by atoms with Crippen molar-refractivity contribution in [1.82, 2.24) is 4.90 Å². The molecule has 0 aromatic heterocycles. The number of para-hydroxylation sites is 1. The molecule has 0 radical (unpaired) electrons. The molecule has 0 unspecified atom stereocenters. The monoisotopic (exact) mass is 248 g/mol. The summed E-state index contributed by atoms with van der Waals surface area (Å²) in [6.07, 6.45) is 3.75. The number of piperidine rings is 1. The second kappa shape index (κ2) is 6.76. The minimum atomic E-state index is 0.831. The summed E-state index contributed by atoms with van der Waals surface area (Å²) in [5, 5.41) is 0. The van der Waals surface area contributed by atoms with Gasteiger partial charge in [-0.25, -0.2) is 0 Å². The van der Waals surface area contributed by atoms with Crippen LogP contribution in [0.3, 0.4) is 0 Å². The van der Waals surface area contributed by atoms with Gasteiger partial charge in [0.1, 0.15) is 5.75 Å². The third kappa shape index (κ3) is 3.47. The molecule has 1 heterocycles. The number of ether oxygens (including phenoxy) is 1. The van der Waals surface area contributed by atoms with Crippen molar-refractivity contribution in [3.63, 3.8) is 0 Å². The molecule has 1 aromatic carbocycles. The van der Waals surface area contributed by atoms with Crippen LogP contribution in [0.4, 0.5) is 0 Å². The third-order valence-electron chi connectivity index (χ3n) is 3.87. The Morgan fingerprint density at radius 2 is 2.00 bits per heavy atom. The molecule has 0 saturated carbocycles. The highest BCUT2D eigenvalue weighted by Gasteiger charge is 2.19. The first-order valence-corrected chi connectivity index (χ1v) is 6.87. The van der Waals surface area contributed by atoms with Crippen molar-refractivity contribution in [1.29, 1.82) is 0 Å². The molecule has 1 aromatic rings. The zero-order chi connectivity index (χ0) is 12.8. The fourth-order valence-corrected chi connectivity index (χ4v) is 2.74. The number of likely N-dealkylation sites (tertiary alicyclic amines) is 1. The molecular formula is C15H24N2O. The molecule has 0 bridgehead atoms. The molecule has 2 N–H and O–H groups in total. The molecule has 1 fully saturated rings. The van der Waals surface area contributed by atoms with E-state index in [1.54, 1.807) is 7.11 Å². The summed E-state index contributed by atoms with van der Waals surface area (Å²) < 4.78 is 5.40. The smallest absolute Gasteiger partial charge is 0.123 e. The van der Waals surface area contributed by atoms with E-state index in [-0.39, 0.29) is 0 Å². The molecule has 2 rings (SSSR count). The summed E-state index contributed by atoms with van der Waals surface area (Å²) in [6.45, 7) is 4.20. The van der Waals surface area contributed by atoms with E-state index >= 15 is 0 Å². The standard InChI is InChI=1S/C15H24N2O/c1-18-15-5-3-2-4-14(15)12-17-10-7-13(6-9-16)8-11-17/h2-5,13H,6-12,16H2,1H3. The van der Waals surface area contributed by atoms with Crippen molar-refractivity contribution in [2.45, 2.75) is 25.8 Å². The van der Waals surface area contributed by atoms with Crippen molar-refractivity contribution >= 4 is 0 Å². The first-order valence-electron chi connectivity index (χ1n) is 6.87. The van der Waals surface area contributed by atoms with Gasteiger partial charge in [0, 0.05) is 12.1 Å². The van der Waals surface area contributed by atoms with Crippen LogP contribution in [0.15, 0.2) is 24.3 Å². The van der Waals surface area contributed by atoms with Gasteiger partial charge in [-0.2, -0.15) is 0 Å². The summed E-state index contributed by atoms with van der Waals surface area (Å²) >= 11 is 0. The summed E-state index contributed by atoms with van der Waals surface area (Å²) in [6, 6.07) is 8.30. The summed E-state index contributed by atoms with van der Waals surface area (Å²) in [4.78, 5) is 2.52. The molecular weight excluding hydrogens is 224 g/mol. The van der Waals surface area contributed by atoms with Crippen LogP contribution in [0.1, 0.15) is 24.8 Å². The first kappa shape index (κ1) is 13.4. The van der Waals surface area contributed by atoms with E-state index in [0.717, 1.165) is 24.8 Å². The maximum atomic E-state index is 5.63. The van der Waals surface area contributed by atoms with Crippen LogP contribution in [0.5, 0.6) is 5.75 Å². The van der Waals surface area contributed by atoms with E-state index in [1.807, 2.05) is 12.1 Å². The molecule has 0 atom stereocenters. The lowest BCUT2D eigenvalue weighted by Crippen LogP contribution is -2.33. The van der Waals surface area contributed by atoms with Crippen LogP contribution < -0.4 is 10.5 Å². The van der Waals surface area contributed by atoms with Crippen molar-refractivity contribution in [2.24, 2.45) is 11.7 Å². The highest BCUT2D eigenvalue weighted by Crippen LogP contribution is 2.24. The van der Waals surface area contributed by atoms with Gasteiger partial charge >= 0.3 is 0 Å². The largest absolute Gasteiger partial charge is 0.496 e. The van der Waals surface area contributed by atoms with E-state index in [2.05, 4.69) is 17.0 Å². The Bertz CT molecular complexity index is 359. The number of nitrogens with zero attached hydrogens (tertiary/aromatic N) is 1. The van der Waals surface area contributed by atoms with Gasteiger partial charge in [-0.1, -0.05) is 18.2 Å². The van der Waals surface area contributed by atoms with Crippen LogP contribution in [0, 0.1) is 5.92 Å². The Labute approximate surface area is 110 Å². The Morgan fingerprint density at radius 1 is 1.28 bits per heavy atom. The van der Waals surface area contributed by atoms with Gasteiger partial charge < -0.3 is 10.5 Å². The lowest BCUT2D eigenvalue weighted by Gasteiger charge is -2.32. The zero-order valence-corrected chi connectivity index (χ0v) is 11.3. The van der Waals surface area contributed by atoms with Crippen LogP contribution >= 0.6 is 0 Å². The third-order valence-corrected chi connectivity index (χ3v) is 3.87. The number of hydrogen-bond acceptors (Lipinski definition) is 3. The molecule has 3 heteroatoms. The topological polar surface area (TPSA) is 38.5 Å². The predicted molar refractivity (Wildman–Crippen MR) is 74.7 cm³/mol. The van der Waals surface area contributed by atoms with E-state index in [1.165, 1.54) is 37.9 Å². The van der Waals surface area contributed by atoms with Crippen LogP contribution in [-0.2, 0) is 6.54 Å². The Hall–Kier alpha value is -1.06. The molecule has 1 saturated heterocycles. The van der Waals surface area contributed by atoms with E-state index in [9.17, 15) is 0 Å². The quantitative estimate of drug-likeness (QED) is 0.868. The maximum Gasteiger partial charge on any atom is 0.123 e. The van der Waals surface area contributed by atoms with Crippen molar-refractivity contribution < 1.29 is 4.74 Å². The predicted octanol–water partition coefficient (Wildman–Crippen LogP) is 2.26. The average Bonchev–Trinajstić information content (AvgIpc) is 2.42. The van der Waals surface area contributed by atoms with Crippen molar-refractivity contribution in [3.05, 3.63) is 29.8 Å². The van der Waals surface area contributed by atoms with Gasteiger partial charge in [0.2, 0.25) is 0 Å². The fraction of sp³-hybridized carbons (Fsp3) is 0.600. The van der Waals surface area contributed by atoms with Crippen LogP contribution in [0.2, 0.25) is 0 Å². The summed E-state index contributed by atoms with van der Waals surface area (Å²) in [5.41, 5.74) is 6.91. The molecule has 0 amide bonds. The minimum absolute atomic E-state index is 0.831. The lowest BCUT2D eigenvalue weighted by atomic mass is 9.93. The highest BCUT2D eigenvalue weighted by molar-refractivity contribution is 5.33. The number of methoxy groups -OCH3 is 1. The molecule has 0 spiro atoms.